The van der Waals surface area contributed by atoms with E-state index in [0.717, 1.165) is 13.0 Å². The Hall–Kier alpha value is -0.910. The molecule has 1 heterocycles. The molecular weight excluding hydrogens is 246 g/mol. The molecule has 3 N–H and O–H groups in total. The third-order valence-corrected chi connectivity index (χ3v) is 3.89. The van der Waals surface area contributed by atoms with E-state index in [2.05, 4.69) is 40.9 Å². The lowest BCUT2D eigenvalue weighted by Crippen LogP contribution is -2.44. The first kappa shape index (κ1) is 15.1. The molecule has 1 aromatic rings. The van der Waals surface area contributed by atoms with Crippen molar-refractivity contribution in [3.05, 3.63) is 22.4 Å². The van der Waals surface area contributed by atoms with Gasteiger partial charge in [0, 0.05) is 13.1 Å². The number of rotatable bonds is 7. The molecule has 1 amide bonds. The molecule has 0 aliphatic rings. The Morgan fingerprint density at radius 1 is 1.56 bits per heavy atom. The minimum atomic E-state index is 0.0281. The highest BCUT2D eigenvalue weighted by molar-refractivity contribution is 7.07. The maximum atomic E-state index is 11.6. The minimum Gasteiger partial charge on any atom is -0.358 e. The Bertz CT molecular complexity index is 353. The maximum Gasteiger partial charge on any atom is 0.233 e. The summed E-state index contributed by atoms with van der Waals surface area (Å²) < 4.78 is 0. The molecular formula is C13H23N3OS. The van der Waals surface area contributed by atoms with E-state index in [0.29, 0.717) is 6.54 Å². The summed E-state index contributed by atoms with van der Waals surface area (Å²) in [7, 11) is 1.66. The summed E-state index contributed by atoms with van der Waals surface area (Å²) in [5.41, 5.74) is 7.44. The average molecular weight is 269 g/mol. The highest BCUT2D eigenvalue weighted by Crippen LogP contribution is 2.26. The number of thiophene rings is 1. The molecule has 0 saturated heterocycles. The van der Waals surface area contributed by atoms with Crippen LogP contribution in [0.1, 0.15) is 31.9 Å². The number of likely N-dealkylation sites (N-methyl/N-ethyl adjacent to an activating group) is 2. The molecule has 0 radical (unpaired) electrons. The van der Waals surface area contributed by atoms with Crippen LogP contribution in [0.2, 0.25) is 0 Å². The molecule has 1 rings (SSSR count). The van der Waals surface area contributed by atoms with Gasteiger partial charge in [0.05, 0.1) is 12.6 Å². The van der Waals surface area contributed by atoms with Gasteiger partial charge in [-0.1, -0.05) is 13.8 Å². The molecule has 0 aliphatic heterocycles. The molecule has 1 aromatic heterocycles. The zero-order valence-electron chi connectivity index (χ0n) is 11.3. The summed E-state index contributed by atoms with van der Waals surface area (Å²) in [5, 5.41) is 6.84. The van der Waals surface area contributed by atoms with Crippen LogP contribution in [0, 0.1) is 0 Å². The predicted octanol–water partition coefficient (Wildman–Crippen LogP) is 1.59. The number of nitrogens with zero attached hydrogens (tertiary/aromatic N) is 1. The van der Waals surface area contributed by atoms with Crippen LogP contribution in [0.25, 0.3) is 0 Å². The van der Waals surface area contributed by atoms with Gasteiger partial charge < -0.3 is 11.1 Å². The molecule has 0 fully saturated rings. The van der Waals surface area contributed by atoms with Gasteiger partial charge in [-0.15, -0.1) is 0 Å². The molecule has 4 nitrogen and oxygen atoms in total. The largest absolute Gasteiger partial charge is 0.358 e. The number of hydrogen-bond donors (Lipinski definition) is 2. The highest BCUT2D eigenvalue weighted by Gasteiger charge is 2.26. The van der Waals surface area contributed by atoms with E-state index in [9.17, 15) is 4.79 Å². The molecule has 18 heavy (non-hydrogen) atoms. The van der Waals surface area contributed by atoms with Gasteiger partial charge in [-0.3, -0.25) is 9.69 Å². The van der Waals surface area contributed by atoms with E-state index >= 15 is 0 Å². The Labute approximate surface area is 113 Å². The number of nitrogens with one attached hydrogen (secondary N) is 1. The summed E-state index contributed by atoms with van der Waals surface area (Å²) in [6.45, 7) is 5.34. The second-order valence-corrected chi connectivity index (χ2v) is 5.09. The van der Waals surface area contributed by atoms with Crippen molar-refractivity contribution in [1.29, 1.82) is 0 Å². The smallest absolute Gasteiger partial charge is 0.233 e. The third kappa shape index (κ3) is 3.80. The molecule has 0 saturated carbocycles. The van der Waals surface area contributed by atoms with Crippen LogP contribution in [-0.4, -0.2) is 37.0 Å². The summed E-state index contributed by atoms with van der Waals surface area (Å²) in [4.78, 5) is 13.7. The van der Waals surface area contributed by atoms with E-state index in [4.69, 9.17) is 5.73 Å². The van der Waals surface area contributed by atoms with Crippen molar-refractivity contribution in [3.63, 3.8) is 0 Å². The molecule has 0 spiro atoms. The summed E-state index contributed by atoms with van der Waals surface area (Å²) >= 11 is 1.67. The predicted molar refractivity (Wildman–Crippen MR) is 76.6 cm³/mol. The molecule has 102 valence electrons. The second-order valence-electron chi connectivity index (χ2n) is 4.31. The first-order valence-corrected chi connectivity index (χ1v) is 7.30. The molecule has 5 heteroatoms. The van der Waals surface area contributed by atoms with E-state index in [-0.39, 0.29) is 18.0 Å². The van der Waals surface area contributed by atoms with Crippen LogP contribution in [-0.2, 0) is 4.79 Å². The number of carbonyl (C=O) groups excluding carboxylic acids is 1. The van der Waals surface area contributed by atoms with Crippen LogP contribution in [0.5, 0.6) is 0 Å². The lowest BCUT2D eigenvalue weighted by Gasteiger charge is -2.33. The number of nitrogens with two attached hydrogens (primary N) is 1. The Kier molecular flexibility index (Phi) is 6.32. The molecule has 2 unspecified atom stereocenters. The van der Waals surface area contributed by atoms with Gasteiger partial charge in [0.1, 0.15) is 0 Å². The minimum absolute atomic E-state index is 0.0281. The van der Waals surface area contributed by atoms with Gasteiger partial charge in [0.25, 0.3) is 0 Å². The van der Waals surface area contributed by atoms with Crippen LogP contribution in [0.3, 0.4) is 0 Å². The second kappa shape index (κ2) is 7.51. The Balaban J connectivity index is 2.89. The van der Waals surface area contributed by atoms with E-state index < -0.39 is 0 Å². The zero-order valence-corrected chi connectivity index (χ0v) is 12.2. The number of amides is 1. The summed E-state index contributed by atoms with van der Waals surface area (Å²) in [6.07, 6.45) is 0.894. The fraction of sp³-hybridized carbons (Fsp3) is 0.615. The van der Waals surface area contributed by atoms with Crippen molar-refractivity contribution in [2.45, 2.75) is 32.4 Å². The van der Waals surface area contributed by atoms with Crippen molar-refractivity contribution in [1.82, 2.24) is 10.2 Å². The average Bonchev–Trinajstić information content (AvgIpc) is 2.90. The first-order valence-electron chi connectivity index (χ1n) is 6.36. The van der Waals surface area contributed by atoms with E-state index in [1.54, 1.807) is 18.4 Å². The maximum absolute atomic E-state index is 11.6. The monoisotopic (exact) mass is 269 g/mol. The topological polar surface area (TPSA) is 58.4 Å². The summed E-state index contributed by atoms with van der Waals surface area (Å²) in [5.74, 6) is 0.0281. The van der Waals surface area contributed by atoms with Gasteiger partial charge in [-0.2, -0.15) is 11.3 Å². The van der Waals surface area contributed by atoms with Crippen molar-refractivity contribution in [2.75, 3.05) is 20.1 Å². The first-order chi connectivity index (χ1) is 8.63. The number of carbonyl (C=O) groups is 1. The fourth-order valence-electron chi connectivity index (χ4n) is 2.07. The molecule has 2 atom stereocenters. The van der Waals surface area contributed by atoms with Gasteiger partial charge in [-0.25, -0.2) is 0 Å². The molecule has 0 aliphatic carbocycles. The van der Waals surface area contributed by atoms with Crippen LogP contribution < -0.4 is 11.1 Å². The fourth-order valence-corrected chi connectivity index (χ4v) is 2.76. The quantitative estimate of drug-likeness (QED) is 0.790. The molecule has 0 aromatic carbocycles. The summed E-state index contributed by atoms with van der Waals surface area (Å²) in [6, 6.07) is 2.25. The lowest BCUT2D eigenvalue weighted by molar-refractivity contribution is -0.122. The van der Waals surface area contributed by atoms with Gasteiger partial charge in [0.15, 0.2) is 0 Å². The lowest BCUT2D eigenvalue weighted by atomic mass is 9.98. The van der Waals surface area contributed by atoms with Crippen molar-refractivity contribution in [3.8, 4) is 0 Å². The van der Waals surface area contributed by atoms with Gasteiger partial charge in [0.2, 0.25) is 5.91 Å². The van der Waals surface area contributed by atoms with E-state index in [1.165, 1.54) is 5.56 Å². The normalized spacial score (nSPS) is 14.5. The number of hydrogen-bond acceptors (Lipinski definition) is 4. The van der Waals surface area contributed by atoms with Crippen molar-refractivity contribution in [2.24, 2.45) is 5.73 Å². The SMILES string of the molecule is CCC(N)C(c1ccsc1)N(CC)CC(=O)NC. The zero-order chi connectivity index (χ0) is 13.5. The Morgan fingerprint density at radius 2 is 2.28 bits per heavy atom. The standard InChI is InChI=1S/C13H23N3OS/c1-4-11(14)13(10-6-7-18-9-10)16(5-2)8-12(17)15-3/h6-7,9,11,13H,4-5,8,14H2,1-3H3,(H,15,17). The Morgan fingerprint density at radius 3 is 2.72 bits per heavy atom. The molecule has 0 bridgehead atoms. The van der Waals surface area contributed by atoms with Crippen LogP contribution in [0.15, 0.2) is 16.8 Å². The van der Waals surface area contributed by atoms with Crippen molar-refractivity contribution >= 4 is 17.2 Å². The van der Waals surface area contributed by atoms with Crippen LogP contribution >= 0.6 is 11.3 Å². The van der Waals surface area contributed by atoms with Crippen LogP contribution in [0.4, 0.5) is 0 Å². The third-order valence-electron chi connectivity index (χ3n) is 3.19. The highest BCUT2D eigenvalue weighted by atomic mass is 32.1. The van der Waals surface area contributed by atoms with Gasteiger partial charge >= 0.3 is 0 Å². The van der Waals surface area contributed by atoms with Crippen molar-refractivity contribution < 1.29 is 4.79 Å². The van der Waals surface area contributed by atoms with Gasteiger partial charge in [-0.05, 0) is 35.4 Å². The van der Waals surface area contributed by atoms with E-state index in [1.807, 2.05) is 0 Å².